The number of allylic oxidation sites excluding steroid dienone is 4. The van der Waals surface area contributed by atoms with Crippen LogP contribution < -0.4 is 0 Å². The lowest BCUT2D eigenvalue weighted by atomic mass is 9.89. The van der Waals surface area contributed by atoms with Crippen LogP contribution in [0.1, 0.15) is 22.3 Å². The number of halogens is 2. The molecule has 0 bridgehead atoms. The molecule has 0 radical (unpaired) electrons. The Hall–Kier alpha value is -3.42. The second kappa shape index (κ2) is 8.02. The molecule has 0 spiro atoms. The van der Waals surface area contributed by atoms with Crippen LogP contribution in [-0.4, -0.2) is 5.13 Å². The summed E-state index contributed by atoms with van der Waals surface area (Å²) in [5.74, 6) is 0. The summed E-state index contributed by atoms with van der Waals surface area (Å²) in [4.78, 5) is 0. The highest BCUT2D eigenvalue weighted by Crippen LogP contribution is 2.60. The summed E-state index contributed by atoms with van der Waals surface area (Å²) in [5.41, 5.74) is 6.06. The van der Waals surface area contributed by atoms with Gasteiger partial charge < -0.3 is 0 Å². The Morgan fingerprint density at radius 2 is 0.677 bits per heavy atom. The smallest absolute Gasteiger partial charge is 0.215 e. The monoisotopic (exact) mass is 422 g/mol. The molecule has 0 unspecified atom stereocenters. The first-order valence-electron chi connectivity index (χ1n) is 10.3. The summed E-state index contributed by atoms with van der Waals surface area (Å²) in [5, 5.41) is -2.18. The van der Waals surface area contributed by atoms with E-state index in [1.165, 1.54) is 0 Å². The zero-order valence-electron chi connectivity index (χ0n) is 16.8. The van der Waals surface area contributed by atoms with E-state index in [0.717, 1.165) is 33.4 Å². The molecule has 0 aliphatic heterocycles. The van der Waals surface area contributed by atoms with Crippen LogP contribution >= 0.6 is 11.6 Å². The first-order chi connectivity index (χ1) is 15.2. The molecule has 5 rings (SSSR count). The topological polar surface area (TPSA) is 0 Å². The van der Waals surface area contributed by atoms with Crippen molar-refractivity contribution in [2.75, 3.05) is 0 Å². The second-order valence-corrected chi connectivity index (χ2v) is 8.06. The fourth-order valence-corrected chi connectivity index (χ4v) is 4.74. The van der Waals surface area contributed by atoms with Crippen molar-refractivity contribution in [2.24, 2.45) is 0 Å². The molecular formula is C29H20ClF. The SMILES string of the molecule is FC1(Cl)C(c2ccccc2)=C(c2ccccc2)C(c2ccccc2)=C1c1ccccc1. The highest BCUT2D eigenvalue weighted by atomic mass is 35.5. The second-order valence-electron chi connectivity index (χ2n) is 7.54. The maximum atomic E-state index is 16.8. The molecule has 1 aliphatic carbocycles. The lowest BCUT2D eigenvalue weighted by Gasteiger charge is -2.22. The van der Waals surface area contributed by atoms with E-state index in [0.29, 0.717) is 11.1 Å². The Balaban J connectivity index is 1.92. The van der Waals surface area contributed by atoms with E-state index in [9.17, 15) is 0 Å². The normalized spacial score (nSPS) is 15.4. The quantitative estimate of drug-likeness (QED) is 0.291. The molecule has 2 heteroatoms. The van der Waals surface area contributed by atoms with Crippen LogP contribution in [0.4, 0.5) is 4.39 Å². The zero-order valence-corrected chi connectivity index (χ0v) is 17.6. The first kappa shape index (κ1) is 19.5. The summed E-state index contributed by atoms with van der Waals surface area (Å²) in [6, 6.07) is 39.1. The largest absolute Gasteiger partial charge is 0.236 e. The molecule has 0 heterocycles. The zero-order chi connectivity index (χ0) is 21.3. The van der Waals surface area contributed by atoms with Gasteiger partial charge in [-0.05, 0) is 33.4 Å². The summed E-state index contributed by atoms with van der Waals surface area (Å²) >= 11 is 6.88. The summed E-state index contributed by atoms with van der Waals surface area (Å²) in [6.45, 7) is 0. The Morgan fingerprint density at radius 1 is 0.419 bits per heavy atom. The van der Waals surface area contributed by atoms with Crippen molar-refractivity contribution in [1.82, 2.24) is 0 Å². The first-order valence-corrected chi connectivity index (χ1v) is 10.6. The minimum atomic E-state index is -2.18. The molecule has 0 amide bonds. The van der Waals surface area contributed by atoms with Crippen molar-refractivity contribution < 1.29 is 4.39 Å². The van der Waals surface area contributed by atoms with E-state index in [1.807, 2.05) is 121 Å². The maximum Gasteiger partial charge on any atom is 0.236 e. The van der Waals surface area contributed by atoms with Crippen LogP contribution in [-0.2, 0) is 0 Å². The van der Waals surface area contributed by atoms with Gasteiger partial charge in [0.15, 0.2) is 0 Å². The van der Waals surface area contributed by atoms with Gasteiger partial charge in [-0.1, -0.05) is 133 Å². The number of rotatable bonds is 4. The Labute approximate surface area is 187 Å². The summed E-state index contributed by atoms with van der Waals surface area (Å²) < 4.78 is 16.8. The van der Waals surface area contributed by atoms with Gasteiger partial charge in [0.1, 0.15) is 0 Å². The maximum absolute atomic E-state index is 16.8. The van der Waals surface area contributed by atoms with Crippen LogP contribution in [0, 0.1) is 0 Å². The molecule has 0 aromatic heterocycles. The third-order valence-corrected chi connectivity index (χ3v) is 6.01. The molecule has 0 nitrogen and oxygen atoms in total. The molecular weight excluding hydrogens is 403 g/mol. The lowest BCUT2D eigenvalue weighted by molar-refractivity contribution is 0.445. The van der Waals surface area contributed by atoms with Crippen molar-refractivity contribution >= 4 is 33.9 Å². The van der Waals surface area contributed by atoms with E-state index in [4.69, 9.17) is 11.6 Å². The number of hydrogen-bond donors (Lipinski definition) is 0. The molecule has 31 heavy (non-hydrogen) atoms. The van der Waals surface area contributed by atoms with Gasteiger partial charge in [0.2, 0.25) is 5.13 Å². The molecule has 0 N–H and O–H groups in total. The van der Waals surface area contributed by atoms with Crippen molar-refractivity contribution in [3.8, 4) is 0 Å². The molecule has 0 saturated heterocycles. The van der Waals surface area contributed by atoms with Gasteiger partial charge in [-0.25, -0.2) is 4.39 Å². The standard InChI is InChI=1S/C29H20ClF/c30-29(31)27(23-17-9-3-10-18-23)25(21-13-5-1-6-14-21)26(22-15-7-2-8-16-22)28(29)24-19-11-4-12-20-24/h1-20H. The molecule has 4 aromatic carbocycles. The predicted octanol–water partition coefficient (Wildman–Crippen LogP) is 8.13. The van der Waals surface area contributed by atoms with Crippen molar-refractivity contribution in [2.45, 2.75) is 5.13 Å². The van der Waals surface area contributed by atoms with Crippen LogP contribution in [0.15, 0.2) is 121 Å². The van der Waals surface area contributed by atoms with Crippen molar-refractivity contribution in [3.05, 3.63) is 144 Å². The number of alkyl halides is 2. The molecule has 0 fully saturated rings. The third kappa shape index (κ3) is 3.41. The average Bonchev–Trinajstić information content (AvgIpc) is 3.08. The highest BCUT2D eigenvalue weighted by molar-refractivity contribution is 6.46. The van der Waals surface area contributed by atoms with E-state index in [-0.39, 0.29) is 0 Å². The van der Waals surface area contributed by atoms with Gasteiger partial charge in [0.05, 0.1) is 0 Å². The van der Waals surface area contributed by atoms with E-state index in [2.05, 4.69) is 0 Å². The van der Waals surface area contributed by atoms with Crippen LogP contribution in [0.3, 0.4) is 0 Å². The van der Waals surface area contributed by atoms with Gasteiger partial charge in [0, 0.05) is 11.1 Å². The minimum Gasteiger partial charge on any atom is -0.215 e. The number of benzene rings is 4. The number of hydrogen-bond acceptors (Lipinski definition) is 0. The molecule has 150 valence electrons. The van der Waals surface area contributed by atoms with Crippen LogP contribution in [0.25, 0.3) is 22.3 Å². The average molecular weight is 423 g/mol. The summed E-state index contributed by atoms with van der Waals surface area (Å²) in [6.07, 6.45) is 0. The fourth-order valence-electron chi connectivity index (χ4n) is 4.34. The lowest BCUT2D eigenvalue weighted by Crippen LogP contribution is -2.16. The Bertz CT molecular complexity index is 1150. The van der Waals surface area contributed by atoms with Crippen LogP contribution in [0.2, 0.25) is 0 Å². The Kier molecular flexibility index (Phi) is 5.05. The van der Waals surface area contributed by atoms with Gasteiger partial charge in [-0.3, -0.25) is 0 Å². The Morgan fingerprint density at radius 3 is 0.968 bits per heavy atom. The van der Waals surface area contributed by atoms with E-state index < -0.39 is 5.13 Å². The van der Waals surface area contributed by atoms with Crippen molar-refractivity contribution in [3.63, 3.8) is 0 Å². The molecule has 0 saturated carbocycles. The van der Waals surface area contributed by atoms with E-state index in [1.54, 1.807) is 0 Å². The molecule has 1 aliphatic rings. The fraction of sp³-hybridized carbons (Fsp3) is 0.0345. The van der Waals surface area contributed by atoms with Gasteiger partial charge in [-0.15, -0.1) is 0 Å². The van der Waals surface area contributed by atoms with Crippen LogP contribution in [0.5, 0.6) is 0 Å². The van der Waals surface area contributed by atoms with Gasteiger partial charge >= 0.3 is 0 Å². The third-order valence-electron chi connectivity index (χ3n) is 5.63. The predicted molar refractivity (Wildman–Crippen MR) is 129 cm³/mol. The van der Waals surface area contributed by atoms with Gasteiger partial charge in [0.25, 0.3) is 0 Å². The van der Waals surface area contributed by atoms with Gasteiger partial charge in [-0.2, -0.15) is 0 Å². The van der Waals surface area contributed by atoms with Crippen molar-refractivity contribution in [1.29, 1.82) is 0 Å². The molecule has 0 atom stereocenters. The minimum absolute atomic E-state index is 0.485. The van der Waals surface area contributed by atoms with E-state index >= 15 is 4.39 Å². The summed E-state index contributed by atoms with van der Waals surface area (Å²) in [7, 11) is 0. The highest BCUT2D eigenvalue weighted by Gasteiger charge is 2.48. The molecule has 4 aromatic rings.